The van der Waals surface area contributed by atoms with Crippen LogP contribution in [-0.2, 0) is 0 Å². The summed E-state index contributed by atoms with van der Waals surface area (Å²) in [5.41, 5.74) is 8.11. The Hall–Kier alpha value is -1.38. The van der Waals surface area contributed by atoms with E-state index in [1.54, 1.807) is 0 Å². The van der Waals surface area contributed by atoms with Crippen molar-refractivity contribution in [3.05, 3.63) is 18.2 Å². The van der Waals surface area contributed by atoms with Gasteiger partial charge < -0.3 is 15.4 Å². The monoisotopic (exact) mass is 248 g/mol. The summed E-state index contributed by atoms with van der Waals surface area (Å²) >= 11 is 0. The fourth-order valence-electron chi connectivity index (χ4n) is 2.64. The van der Waals surface area contributed by atoms with Crippen LogP contribution in [0.25, 0.3) is 0 Å². The molecule has 1 unspecified atom stereocenters. The maximum Gasteiger partial charge on any atom is 0.144 e. The number of nitrogen functional groups attached to an aromatic ring is 1. The van der Waals surface area contributed by atoms with Crippen molar-refractivity contribution < 1.29 is 4.74 Å². The molecule has 0 saturated carbocycles. The Morgan fingerprint density at radius 2 is 2.22 bits per heavy atom. The molecule has 0 aliphatic carbocycles. The molecule has 1 aromatic rings. The normalized spacial score (nSPS) is 19.6. The van der Waals surface area contributed by atoms with E-state index < -0.39 is 0 Å². The molecular weight excluding hydrogens is 224 g/mol. The van der Waals surface area contributed by atoms with Gasteiger partial charge in [0.2, 0.25) is 0 Å². The number of hydrogen-bond donors (Lipinski definition) is 1. The third-order valence-corrected chi connectivity index (χ3v) is 3.85. The topological polar surface area (TPSA) is 38.5 Å². The van der Waals surface area contributed by atoms with Gasteiger partial charge in [0.05, 0.1) is 18.0 Å². The van der Waals surface area contributed by atoms with Gasteiger partial charge in [-0.2, -0.15) is 0 Å². The standard InChI is InChI=1S/C15H24N2O/c1-4-18-14-7-5-6-13(15(14)16)17-9-8-12(10-17)11(2)3/h5-7,11-12H,4,8-10,16H2,1-3H3. The Kier molecular flexibility index (Phi) is 4.00. The highest BCUT2D eigenvalue weighted by Crippen LogP contribution is 2.36. The third-order valence-electron chi connectivity index (χ3n) is 3.85. The highest BCUT2D eigenvalue weighted by Gasteiger charge is 2.26. The summed E-state index contributed by atoms with van der Waals surface area (Å²) in [7, 11) is 0. The molecule has 0 bridgehead atoms. The van der Waals surface area contributed by atoms with Crippen LogP contribution in [0, 0.1) is 11.8 Å². The second-order valence-electron chi connectivity index (χ2n) is 5.36. The van der Waals surface area contributed by atoms with Gasteiger partial charge in [-0.3, -0.25) is 0 Å². The number of benzene rings is 1. The second kappa shape index (κ2) is 5.51. The van der Waals surface area contributed by atoms with Crippen molar-refractivity contribution in [2.24, 2.45) is 11.8 Å². The first-order chi connectivity index (χ1) is 8.63. The lowest BCUT2D eigenvalue weighted by Gasteiger charge is -2.22. The quantitative estimate of drug-likeness (QED) is 0.832. The number of nitrogens with two attached hydrogens (primary N) is 1. The summed E-state index contributed by atoms with van der Waals surface area (Å²) in [6.45, 7) is 9.45. The maximum atomic E-state index is 6.20. The van der Waals surface area contributed by atoms with E-state index in [9.17, 15) is 0 Å². The number of hydrogen-bond acceptors (Lipinski definition) is 3. The first-order valence-corrected chi connectivity index (χ1v) is 6.89. The van der Waals surface area contributed by atoms with Crippen molar-refractivity contribution in [1.82, 2.24) is 0 Å². The largest absolute Gasteiger partial charge is 0.492 e. The number of para-hydroxylation sites is 1. The predicted octanol–water partition coefficient (Wildman–Crippen LogP) is 3.15. The fourth-order valence-corrected chi connectivity index (χ4v) is 2.64. The smallest absolute Gasteiger partial charge is 0.144 e. The Morgan fingerprint density at radius 3 is 2.83 bits per heavy atom. The van der Waals surface area contributed by atoms with Gasteiger partial charge in [-0.25, -0.2) is 0 Å². The minimum Gasteiger partial charge on any atom is -0.492 e. The van der Waals surface area contributed by atoms with E-state index in [1.807, 2.05) is 19.1 Å². The van der Waals surface area contributed by atoms with E-state index in [2.05, 4.69) is 24.8 Å². The van der Waals surface area contributed by atoms with E-state index in [1.165, 1.54) is 6.42 Å². The SMILES string of the molecule is CCOc1cccc(N2CCC(C(C)C)C2)c1N. The zero-order valence-electron chi connectivity index (χ0n) is 11.6. The summed E-state index contributed by atoms with van der Waals surface area (Å²) in [6, 6.07) is 6.07. The number of rotatable bonds is 4. The third kappa shape index (κ3) is 2.55. The van der Waals surface area contributed by atoms with Gasteiger partial charge in [0.15, 0.2) is 0 Å². The second-order valence-corrected chi connectivity index (χ2v) is 5.36. The molecule has 1 atom stereocenters. The van der Waals surface area contributed by atoms with Gasteiger partial charge in [0, 0.05) is 13.1 Å². The van der Waals surface area contributed by atoms with Gasteiger partial charge >= 0.3 is 0 Å². The van der Waals surface area contributed by atoms with Crippen LogP contribution in [-0.4, -0.2) is 19.7 Å². The summed E-state index contributed by atoms with van der Waals surface area (Å²) < 4.78 is 5.56. The van der Waals surface area contributed by atoms with Crippen LogP contribution in [0.15, 0.2) is 18.2 Å². The molecule has 1 aliphatic rings. The molecule has 18 heavy (non-hydrogen) atoms. The van der Waals surface area contributed by atoms with Crippen molar-refractivity contribution in [3.8, 4) is 5.75 Å². The van der Waals surface area contributed by atoms with E-state index in [0.29, 0.717) is 6.61 Å². The van der Waals surface area contributed by atoms with E-state index in [0.717, 1.165) is 42.0 Å². The average Bonchev–Trinajstić information content (AvgIpc) is 2.81. The molecule has 0 aromatic heterocycles. The molecule has 0 spiro atoms. The highest BCUT2D eigenvalue weighted by atomic mass is 16.5. The van der Waals surface area contributed by atoms with Gasteiger partial charge in [0.25, 0.3) is 0 Å². The molecule has 1 fully saturated rings. The fraction of sp³-hybridized carbons (Fsp3) is 0.600. The van der Waals surface area contributed by atoms with Crippen LogP contribution >= 0.6 is 0 Å². The number of nitrogens with zero attached hydrogens (tertiary/aromatic N) is 1. The minimum absolute atomic E-state index is 0.655. The molecule has 0 radical (unpaired) electrons. The van der Waals surface area contributed by atoms with Crippen molar-refractivity contribution in [3.63, 3.8) is 0 Å². The number of anilines is 2. The van der Waals surface area contributed by atoms with Gasteiger partial charge in [-0.05, 0) is 37.3 Å². The van der Waals surface area contributed by atoms with Crippen molar-refractivity contribution >= 4 is 11.4 Å². The maximum absolute atomic E-state index is 6.20. The van der Waals surface area contributed by atoms with Crippen LogP contribution in [0.1, 0.15) is 27.2 Å². The summed E-state index contributed by atoms with van der Waals surface area (Å²) in [4.78, 5) is 2.39. The molecule has 100 valence electrons. The van der Waals surface area contributed by atoms with Crippen LogP contribution in [0.5, 0.6) is 5.75 Å². The van der Waals surface area contributed by atoms with Gasteiger partial charge in [0.1, 0.15) is 5.75 Å². The van der Waals surface area contributed by atoms with Crippen molar-refractivity contribution in [2.45, 2.75) is 27.2 Å². The Labute approximate surface area is 110 Å². The molecule has 1 aromatic carbocycles. The van der Waals surface area contributed by atoms with Gasteiger partial charge in [-0.1, -0.05) is 19.9 Å². The summed E-state index contributed by atoms with van der Waals surface area (Å²) in [5.74, 6) is 2.33. The molecule has 3 nitrogen and oxygen atoms in total. The minimum atomic E-state index is 0.655. The molecule has 0 amide bonds. The zero-order valence-corrected chi connectivity index (χ0v) is 11.6. The molecule has 2 N–H and O–H groups in total. The number of ether oxygens (including phenoxy) is 1. The van der Waals surface area contributed by atoms with Gasteiger partial charge in [-0.15, -0.1) is 0 Å². The van der Waals surface area contributed by atoms with Crippen molar-refractivity contribution in [2.75, 3.05) is 30.3 Å². The molecule has 3 heteroatoms. The van der Waals surface area contributed by atoms with Crippen LogP contribution in [0.2, 0.25) is 0 Å². The van der Waals surface area contributed by atoms with E-state index in [-0.39, 0.29) is 0 Å². The van der Waals surface area contributed by atoms with Crippen LogP contribution in [0.4, 0.5) is 11.4 Å². The molecule has 1 aliphatic heterocycles. The average molecular weight is 248 g/mol. The van der Waals surface area contributed by atoms with E-state index in [4.69, 9.17) is 10.5 Å². The molecule has 2 rings (SSSR count). The predicted molar refractivity (Wildman–Crippen MR) is 77.2 cm³/mol. The highest BCUT2D eigenvalue weighted by molar-refractivity contribution is 5.74. The lowest BCUT2D eigenvalue weighted by molar-refractivity contribution is 0.342. The molecular formula is C15H24N2O. The van der Waals surface area contributed by atoms with E-state index >= 15 is 0 Å². The summed E-state index contributed by atoms with van der Waals surface area (Å²) in [5, 5.41) is 0. The first kappa shape index (κ1) is 13.1. The molecule has 1 heterocycles. The Balaban J connectivity index is 2.17. The zero-order chi connectivity index (χ0) is 13.1. The first-order valence-electron chi connectivity index (χ1n) is 6.89. The Morgan fingerprint density at radius 1 is 1.44 bits per heavy atom. The Bertz CT molecular complexity index is 403. The lowest BCUT2D eigenvalue weighted by Crippen LogP contribution is -2.22. The molecule has 1 saturated heterocycles. The lowest BCUT2D eigenvalue weighted by atomic mass is 9.95. The summed E-state index contributed by atoms with van der Waals surface area (Å²) in [6.07, 6.45) is 1.26. The van der Waals surface area contributed by atoms with Crippen LogP contribution in [0.3, 0.4) is 0 Å². The van der Waals surface area contributed by atoms with Crippen molar-refractivity contribution in [1.29, 1.82) is 0 Å². The van der Waals surface area contributed by atoms with Crippen LogP contribution < -0.4 is 15.4 Å².